The molecule has 1 amide bonds. The predicted molar refractivity (Wildman–Crippen MR) is 125 cm³/mol. The zero-order valence-electron chi connectivity index (χ0n) is 18.4. The van der Waals surface area contributed by atoms with Gasteiger partial charge >= 0.3 is 6.09 Å². The summed E-state index contributed by atoms with van der Waals surface area (Å²) >= 11 is 3.24. The number of amides is 1. The summed E-state index contributed by atoms with van der Waals surface area (Å²) in [5.74, 6) is 0.542. The highest BCUT2D eigenvalue weighted by atomic mass is 32.2. The van der Waals surface area contributed by atoms with Crippen molar-refractivity contribution in [3.63, 3.8) is 0 Å². The van der Waals surface area contributed by atoms with Crippen LogP contribution >= 0.6 is 23.3 Å². The Labute approximate surface area is 187 Å². The fraction of sp³-hybridized carbons (Fsp3) is 0.591. The van der Waals surface area contributed by atoms with E-state index in [1.165, 1.54) is 32.1 Å². The number of rotatable bonds is 6. The molecule has 2 aromatic rings. The maximum absolute atomic E-state index is 12.0. The van der Waals surface area contributed by atoms with Crippen molar-refractivity contribution < 1.29 is 9.53 Å². The van der Waals surface area contributed by atoms with E-state index in [2.05, 4.69) is 41.0 Å². The SMILES string of the molecule is CC(C)OC(=O)Nc1ccc(-c2nnc(C3CCCCC3)s2)c(SNC(C)(C)C)c1. The first-order valence-corrected chi connectivity index (χ1v) is 12.2. The third-order valence-electron chi connectivity index (χ3n) is 4.66. The molecular formula is C22H32N4O2S2. The molecule has 0 radical (unpaired) electrons. The zero-order valence-corrected chi connectivity index (χ0v) is 20.1. The van der Waals surface area contributed by atoms with E-state index >= 15 is 0 Å². The van der Waals surface area contributed by atoms with Gasteiger partial charge in [-0.2, -0.15) is 0 Å². The summed E-state index contributed by atoms with van der Waals surface area (Å²) in [5.41, 5.74) is 1.66. The quantitative estimate of drug-likeness (QED) is 0.485. The lowest BCUT2D eigenvalue weighted by Gasteiger charge is -2.21. The summed E-state index contributed by atoms with van der Waals surface area (Å²) in [6.07, 6.45) is 5.69. The van der Waals surface area contributed by atoms with E-state index < -0.39 is 6.09 Å². The Kier molecular flexibility index (Phi) is 7.76. The molecule has 1 aromatic carbocycles. The molecule has 0 aliphatic heterocycles. The van der Waals surface area contributed by atoms with E-state index in [1.807, 2.05) is 32.0 Å². The third-order valence-corrected chi connectivity index (χ3v) is 7.05. The number of nitrogens with one attached hydrogen (secondary N) is 2. The summed E-state index contributed by atoms with van der Waals surface area (Å²) in [6, 6.07) is 5.85. The van der Waals surface area contributed by atoms with Crippen molar-refractivity contribution in [2.45, 2.75) is 89.2 Å². The lowest BCUT2D eigenvalue weighted by atomic mass is 9.90. The fourth-order valence-corrected chi connectivity index (χ4v) is 5.28. The molecule has 1 aliphatic carbocycles. The molecule has 2 N–H and O–H groups in total. The topological polar surface area (TPSA) is 76.1 Å². The van der Waals surface area contributed by atoms with Gasteiger partial charge in [-0.3, -0.25) is 10.0 Å². The summed E-state index contributed by atoms with van der Waals surface area (Å²) in [6.45, 7) is 10.0. The monoisotopic (exact) mass is 448 g/mol. The van der Waals surface area contributed by atoms with Crippen molar-refractivity contribution in [2.24, 2.45) is 0 Å². The number of anilines is 1. The van der Waals surface area contributed by atoms with Gasteiger partial charge in [0.1, 0.15) is 10.0 Å². The Morgan fingerprint density at radius 2 is 1.93 bits per heavy atom. The first kappa shape index (κ1) is 23.0. The van der Waals surface area contributed by atoms with Crippen LogP contribution in [0.2, 0.25) is 0 Å². The number of benzene rings is 1. The lowest BCUT2D eigenvalue weighted by molar-refractivity contribution is 0.130. The maximum atomic E-state index is 12.0. The van der Waals surface area contributed by atoms with Gasteiger partial charge in [0.15, 0.2) is 0 Å². The van der Waals surface area contributed by atoms with Crippen molar-refractivity contribution in [1.82, 2.24) is 14.9 Å². The molecule has 8 heteroatoms. The fourth-order valence-electron chi connectivity index (χ4n) is 3.29. The maximum Gasteiger partial charge on any atom is 0.411 e. The molecule has 3 rings (SSSR count). The zero-order chi connectivity index (χ0) is 21.7. The number of carbonyl (C=O) groups excluding carboxylic acids is 1. The van der Waals surface area contributed by atoms with Crippen LogP contribution in [0.4, 0.5) is 10.5 Å². The van der Waals surface area contributed by atoms with Crippen molar-refractivity contribution in [1.29, 1.82) is 0 Å². The second-order valence-electron chi connectivity index (χ2n) is 9.02. The normalized spacial score (nSPS) is 15.4. The van der Waals surface area contributed by atoms with Gasteiger partial charge in [0.25, 0.3) is 0 Å². The molecule has 164 valence electrons. The molecule has 0 atom stereocenters. The predicted octanol–water partition coefficient (Wildman–Crippen LogP) is 6.60. The molecule has 0 bridgehead atoms. The number of aromatic nitrogens is 2. The Bertz CT molecular complexity index is 855. The summed E-state index contributed by atoms with van der Waals surface area (Å²) in [7, 11) is 0. The number of nitrogens with zero attached hydrogens (tertiary/aromatic N) is 2. The number of carbonyl (C=O) groups is 1. The highest BCUT2D eigenvalue weighted by Gasteiger charge is 2.22. The molecule has 1 heterocycles. The molecule has 0 unspecified atom stereocenters. The van der Waals surface area contributed by atoms with Gasteiger partial charge in [-0.1, -0.05) is 30.6 Å². The van der Waals surface area contributed by atoms with Crippen LogP contribution in [0.15, 0.2) is 23.1 Å². The lowest BCUT2D eigenvalue weighted by Crippen LogP contribution is -2.29. The molecule has 1 saturated carbocycles. The van der Waals surface area contributed by atoms with Crippen LogP contribution < -0.4 is 10.0 Å². The van der Waals surface area contributed by atoms with E-state index in [0.717, 1.165) is 20.5 Å². The van der Waals surface area contributed by atoms with Crippen LogP contribution in [0.5, 0.6) is 0 Å². The van der Waals surface area contributed by atoms with Gasteiger partial charge in [-0.25, -0.2) is 4.79 Å². The van der Waals surface area contributed by atoms with Gasteiger partial charge in [0.2, 0.25) is 0 Å². The van der Waals surface area contributed by atoms with E-state index in [-0.39, 0.29) is 11.6 Å². The first-order chi connectivity index (χ1) is 14.2. The van der Waals surface area contributed by atoms with Crippen molar-refractivity contribution >= 4 is 35.1 Å². The minimum atomic E-state index is -0.451. The minimum Gasteiger partial charge on any atom is -0.447 e. The number of hydrogen-bond acceptors (Lipinski definition) is 7. The second kappa shape index (κ2) is 10.1. The standard InChI is InChI=1S/C22H32N4O2S2/c1-14(2)28-21(27)23-16-11-12-17(18(13-16)30-26-22(3,4)5)20-25-24-19(29-20)15-9-7-6-8-10-15/h11-15,26H,6-10H2,1-5H3,(H,23,27). The summed E-state index contributed by atoms with van der Waals surface area (Å²) in [4.78, 5) is 13.0. The largest absolute Gasteiger partial charge is 0.447 e. The van der Waals surface area contributed by atoms with Crippen LogP contribution in [-0.2, 0) is 4.74 Å². The number of hydrogen-bond donors (Lipinski definition) is 2. The van der Waals surface area contributed by atoms with Crippen LogP contribution in [-0.4, -0.2) is 27.9 Å². The molecule has 1 fully saturated rings. The van der Waals surface area contributed by atoms with Crippen molar-refractivity contribution in [3.8, 4) is 10.6 Å². The van der Waals surface area contributed by atoms with Crippen LogP contribution in [0.3, 0.4) is 0 Å². The van der Waals surface area contributed by atoms with Crippen molar-refractivity contribution in [2.75, 3.05) is 5.32 Å². The highest BCUT2D eigenvalue weighted by Crippen LogP contribution is 2.39. The van der Waals surface area contributed by atoms with Crippen molar-refractivity contribution in [3.05, 3.63) is 23.2 Å². The van der Waals surface area contributed by atoms with E-state index in [0.29, 0.717) is 11.6 Å². The minimum absolute atomic E-state index is 0.0592. The summed E-state index contributed by atoms with van der Waals surface area (Å²) in [5, 5.41) is 13.9. The number of ether oxygens (including phenoxy) is 1. The Morgan fingerprint density at radius 1 is 1.20 bits per heavy atom. The smallest absolute Gasteiger partial charge is 0.411 e. The highest BCUT2D eigenvalue weighted by molar-refractivity contribution is 7.97. The van der Waals surface area contributed by atoms with Gasteiger partial charge in [0, 0.05) is 27.6 Å². The second-order valence-corrected chi connectivity index (χ2v) is 10.9. The molecule has 0 spiro atoms. The molecular weight excluding hydrogens is 416 g/mol. The average molecular weight is 449 g/mol. The van der Waals surface area contributed by atoms with E-state index in [4.69, 9.17) is 4.74 Å². The Balaban J connectivity index is 1.84. The first-order valence-electron chi connectivity index (χ1n) is 10.6. The molecule has 30 heavy (non-hydrogen) atoms. The Morgan fingerprint density at radius 3 is 2.60 bits per heavy atom. The van der Waals surface area contributed by atoms with Crippen LogP contribution in [0.25, 0.3) is 10.6 Å². The van der Waals surface area contributed by atoms with E-state index in [9.17, 15) is 4.79 Å². The third kappa shape index (κ3) is 6.68. The van der Waals surface area contributed by atoms with Crippen LogP contribution in [0.1, 0.15) is 77.6 Å². The van der Waals surface area contributed by atoms with Gasteiger partial charge in [-0.05, 0) is 77.6 Å². The van der Waals surface area contributed by atoms with Gasteiger partial charge in [-0.15, -0.1) is 10.2 Å². The van der Waals surface area contributed by atoms with Gasteiger partial charge < -0.3 is 4.74 Å². The molecule has 0 saturated heterocycles. The van der Waals surface area contributed by atoms with Crippen LogP contribution in [0, 0.1) is 0 Å². The van der Waals surface area contributed by atoms with E-state index in [1.54, 1.807) is 23.3 Å². The molecule has 1 aliphatic rings. The average Bonchev–Trinajstić information content (AvgIpc) is 3.16. The molecule has 1 aromatic heterocycles. The summed E-state index contributed by atoms with van der Waals surface area (Å²) < 4.78 is 8.66. The Hall–Kier alpha value is -1.64. The molecule has 6 nitrogen and oxygen atoms in total. The van der Waals surface area contributed by atoms with Gasteiger partial charge in [0.05, 0.1) is 6.10 Å².